The number of benzene rings is 2. The molecule has 0 spiro atoms. The van der Waals surface area contributed by atoms with E-state index in [0.717, 1.165) is 23.5 Å². The summed E-state index contributed by atoms with van der Waals surface area (Å²) >= 11 is 0. The third kappa shape index (κ3) is 3.23. The predicted molar refractivity (Wildman–Crippen MR) is 125 cm³/mol. The molecule has 30 heavy (non-hydrogen) atoms. The van der Waals surface area contributed by atoms with E-state index in [4.69, 9.17) is 4.74 Å². The van der Waals surface area contributed by atoms with Gasteiger partial charge in [-0.05, 0) is 90.0 Å². The molecule has 1 fully saturated rings. The van der Waals surface area contributed by atoms with Crippen molar-refractivity contribution in [1.29, 1.82) is 0 Å². The number of hydrogen-bond donors (Lipinski definition) is 0. The van der Waals surface area contributed by atoms with E-state index in [9.17, 15) is 0 Å². The summed E-state index contributed by atoms with van der Waals surface area (Å²) in [4.78, 5) is 0. The lowest BCUT2D eigenvalue weighted by Gasteiger charge is -2.51. The molecular weight excluding hydrogens is 364 g/mol. The normalized spacial score (nSPS) is 30.5. The first-order chi connectivity index (χ1) is 14.6. The van der Waals surface area contributed by atoms with E-state index < -0.39 is 0 Å². The standard InChI is InChI=1S/C29H34O/c1-4-20(2)27-14-15-28-26-12-10-22-18-23(30-19-21-8-6-5-7-9-21)11-13-24(22)25(26)16-17-29(27,28)3/h4-9,11,13-14,18,20,25-26,28H,1,10,12,15-17,19H2,2-3H3/t20-,25+,26+,28-,29+/m0/s1. The van der Waals surface area contributed by atoms with Crippen LogP contribution in [0.1, 0.15) is 62.1 Å². The largest absolute Gasteiger partial charge is 0.489 e. The smallest absolute Gasteiger partial charge is 0.120 e. The Bertz CT molecular complexity index is 956. The number of ether oxygens (including phenoxy) is 1. The Hall–Kier alpha value is -2.28. The zero-order valence-electron chi connectivity index (χ0n) is 18.4. The molecule has 0 heterocycles. The molecular formula is C29H34O. The highest BCUT2D eigenvalue weighted by Gasteiger charge is 2.52. The van der Waals surface area contributed by atoms with Gasteiger partial charge in [-0.2, -0.15) is 0 Å². The highest BCUT2D eigenvalue weighted by atomic mass is 16.5. The molecule has 2 aromatic rings. The van der Waals surface area contributed by atoms with Crippen LogP contribution in [-0.2, 0) is 13.0 Å². The monoisotopic (exact) mass is 398 g/mol. The molecule has 1 nitrogen and oxygen atoms in total. The second-order valence-corrected chi connectivity index (χ2v) is 9.93. The summed E-state index contributed by atoms with van der Waals surface area (Å²) < 4.78 is 6.11. The van der Waals surface area contributed by atoms with Crippen molar-refractivity contribution in [3.8, 4) is 5.75 Å². The fourth-order valence-corrected chi connectivity index (χ4v) is 6.82. The summed E-state index contributed by atoms with van der Waals surface area (Å²) in [7, 11) is 0. The summed E-state index contributed by atoms with van der Waals surface area (Å²) in [5, 5.41) is 0. The quantitative estimate of drug-likeness (QED) is 0.474. The van der Waals surface area contributed by atoms with E-state index in [0.29, 0.717) is 17.9 Å². The van der Waals surface area contributed by atoms with Crippen molar-refractivity contribution in [3.63, 3.8) is 0 Å². The van der Waals surface area contributed by atoms with Gasteiger partial charge < -0.3 is 4.74 Å². The molecule has 0 saturated heterocycles. The van der Waals surface area contributed by atoms with E-state index in [1.165, 1.54) is 43.2 Å². The third-order valence-electron chi connectivity index (χ3n) is 8.43. The molecule has 5 rings (SSSR count). The summed E-state index contributed by atoms with van der Waals surface area (Å²) in [6.07, 6.45) is 11.1. The van der Waals surface area contributed by atoms with Gasteiger partial charge in [0.1, 0.15) is 12.4 Å². The first kappa shape index (κ1) is 19.7. The summed E-state index contributed by atoms with van der Waals surface area (Å²) in [6, 6.07) is 17.3. The van der Waals surface area contributed by atoms with Crippen LogP contribution in [0.3, 0.4) is 0 Å². The molecule has 0 unspecified atom stereocenters. The first-order valence-corrected chi connectivity index (χ1v) is 11.7. The maximum atomic E-state index is 6.11. The molecule has 0 radical (unpaired) electrons. The molecule has 0 amide bonds. The lowest BCUT2D eigenvalue weighted by molar-refractivity contribution is 0.0710. The molecule has 0 aliphatic heterocycles. The lowest BCUT2D eigenvalue weighted by Crippen LogP contribution is -2.41. The SMILES string of the molecule is C=C[C@H](C)C1=CC[C@H]2[C@@H]3CCc4cc(OCc5ccccc5)ccc4[C@H]3CC[C@]12C. The second kappa shape index (κ2) is 7.76. The van der Waals surface area contributed by atoms with Crippen LogP contribution in [0.25, 0.3) is 0 Å². The van der Waals surface area contributed by atoms with Crippen molar-refractivity contribution in [2.45, 2.75) is 58.5 Å². The van der Waals surface area contributed by atoms with Crippen molar-refractivity contribution in [2.75, 3.05) is 0 Å². The van der Waals surface area contributed by atoms with Crippen LogP contribution in [-0.4, -0.2) is 0 Å². The first-order valence-electron chi connectivity index (χ1n) is 11.7. The molecule has 2 aromatic carbocycles. The summed E-state index contributed by atoms with van der Waals surface area (Å²) in [5.74, 6) is 3.87. The van der Waals surface area contributed by atoms with E-state index in [2.05, 4.69) is 81.1 Å². The van der Waals surface area contributed by atoms with Gasteiger partial charge in [0.15, 0.2) is 0 Å². The molecule has 0 N–H and O–H groups in total. The molecule has 1 heteroatoms. The summed E-state index contributed by atoms with van der Waals surface area (Å²) in [6.45, 7) is 9.59. The lowest BCUT2D eigenvalue weighted by atomic mass is 9.53. The Labute approximate surface area is 181 Å². The average molecular weight is 399 g/mol. The Morgan fingerprint density at radius 3 is 2.80 bits per heavy atom. The van der Waals surface area contributed by atoms with Crippen molar-refractivity contribution < 1.29 is 4.74 Å². The maximum Gasteiger partial charge on any atom is 0.120 e. The Kier molecular flexibility index (Phi) is 5.09. The van der Waals surface area contributed by atoms with Gasteiger partial charge in [-0.3, -0.25) is 0 Å². The molecule has 3 aliphatic carbocycles. The van der Waals surface area contributed by atoms with Gasteiger partial charge in [-0.15, -0.1) is 6.58 Å². The van der Waals surface area contributed by atoms with Crippen LogP contribution < -0.4 is 4.74 Å². The van der Waals surface area contributed by atoms with Crippen LogP contribution in [0.4, 0.5) is 0 Å². The van der Waals surface area contributed by atoms with Gasteiger partial charge in [0.05, 0.1) is 0 Å². The highest BCUT2D eigenvalue weighted by Crippen LogP contribution is 2.62. The van der Waals surface area contributed by atoms with Crippen LogP contribution in [0.5, 0.6) is 5.75 Å². The zero-order chi connectivity index (χ0) is 20.7. The number of rotatable bonds is 5. The summed E-state index contributed by atoms with van der Waals surface area (Å²) in [5.41, 5.74) is 6.39. The van der Waals surface area contributed by atoms with Crippen molar-refractivity contribution in [2.24, 2.45) is 23.2 Å². The van der Waals surface area contributed by atoms with Crippen molar-refractivity contribution in [3.05, 3.63) is 89.5 Å². The van der Waals surface area contributed by atoms with Crippen LogP contribution in [0, 0.1) is 23.2 Å². The van der Waals surface area contributed by atoms with Crippen molar-refractivity contribution >= 4 is 0 Å². The average Bonchev–Trinajstić information content (AvgIpc) is 3.14. The number of allylic oxidation sites excluding steroid dienone is 3. The topological polar surface area (TPSA) is 9.23 Å². The van der Waals surface area contributed by atoms with Gasteiger partial charge in [-0.25, -0.2) is 0 Å². The Balaban J connectivity index is 1.33. The molecule has 3 aliphatic rings. The van der Waals surface area contributed by atoms with E-state index in [-0.39, 0.29) is 0 Å². The van der Waals surface area contributed by atoms with Crippen LogP contribution in [0.15, 0.2) is 72.8 Å². The molecule has 1 saturated carbocycles. The Morgan fingerprint density at radius 2 is 2.00 bits per heavy atom. The van der Waals surface area contributed by atoms with E-state index >= 15 is 0 Å². The minimum atomic E-state index is 0.380. The molecule has 156 valence electrons. The zero-order valence-corrected chi connectivity index (χ0v) is 18.4. The Morgan fingerprint density at radius 1 is 1.17 bits per heavy atom. The van der Waals surface area contributed by atoms with Gasteiger partial charge in [0.2, 0.25) is 0 Å². The second-order valence-electron chi connectivity index (χ2n) is 9.93. The maximum absolute atomic E-state index is 6.11. The van der Waals surface area contributed by atoms with E-state index in [1.54, 1.807) is 11.1 Å². The van der Waals surface area contributed by atoms with E-state index in [1.807, 2.05) is 0 Å². The fraction of sp³-hybridized carbons (Fsp3) is 0.448. The molecule has 0 aromatic heterocycles. The van der Waals surface area contributed by atoms with Crippen LogP contribution >= 0.6 is 0 Å². The number of hydrogen-bond acceptors (Lipinski definition) is 1. The van der Waals surface area contributed by atoms with Gasteiger partial charge >= 0.3 is 0 Å². The van der Waals surface area contributed by atoms with Crippen molar-refractivity contribution in [1.82, 2.24) is 0 Å². The minimum Gasteiger partial charge on any atom is -0.489 e. The number of aryl methyl sites for hydroxylation is 1. The fourth-order valence-electron chi connectivity index (χ4n) is 6.82. The third-order valence-corrected chi connectivity index (χ3v) is 8.43. The predicted octanol–water partition coefficient (Wildman–Crippen LogP) is 7.48. The van der Waals surface area contributed by atoms with Gasteiger partial charge in [0, 0.05) is 0 Å². The molecule has 0 bridgehead atoms. The number of fused-ring (bicyclic) bond motifs is 5. The van der Waals surface area contributed by atoms with Crippen LogP contribution in [0.2, 0.25) is 0 Å². The highest BCUT2D eigenvalue weighted by molar-refractivity contribution is 5.42. The molecule has 5 atom stereocenters. The van der Waals surface area contributed by atoms with Gasteiger partial charge in [-0.1, -0.05) is 68.0 Å². The minimum absolute atomic E-state index is 0.380. The van der Waals surface area contributed by atoms with Gasteiger partial charge in [0.25, 0.3) is 0 Å².